The monoisotopic (exact) mass is 271 g/mol. The van der Waals surface area contributed by atoms with Gasteiger partial charge in [0.25, 0.3) is 5.56 Å². The molecule has 2 aromatic rings. The van der Waals surface area contributed by atoms with Crippen LogP contribution in [0.1, 0.15) is 0 Å². The molecule has 3 rings (SSSR count). The third kappa shape index (κ3) is 2.44. The van der Waals surface area contributed by atoms with Crippen LogP contribution in [0.15, 0.2) is 41.2 Å². The number of hydrogen-bond donors (Lipinski definition) is 0. The lowest BCUT2D eigenvalue weighted by Crippen LogP contribution is -2.40. The molecule has 1 aromatic heterocycles. The van der Waals surface area contributed by atoms with E-state index < -0.39 is 0 Å². The Hall–Kier alpha value is -2.14. The minimum atomic E-state index is -0.0634. The molecule has 1 fully saturated rings. The van der Waals surface area contributed by atoms with Gasteiger partial charge in [-0.05, 0) is 6.07 Å². The quantitative estimate of drug-likeness (QED) is 0.825. The molecule has 1 aliphatic heterocycles. The van der Waals surface area contributed by atoms with Crippen molar-refractivity contribution in [1.82, 2.24) is 9.78 Å². The highest BCUT2D eigenvalue weighted by atomic mass is 16.5. The fraction of sp³-hybridized carbons (Fsp3) is 0.333. The van der Waals surface area contributed by atoms with Crippen LogP contribution in [0, 0.1) is 0 Å². The number of rotatable bonds is 2. The standard InChI is InChI=1S/C15H17N3O2/c1-17-15(19)14(18-7-9-20-10-8-18)11-13(16-17)12-5-3-2-4-6-12/h2-6,11H,7-10H2,1H3. The summed E-state index contributed by atoms with van der Waals surface area (Å²) in [6.07, 6.45) is 0. The van der Waals surface area contributed by atoms with E-state index >= 15 is 0 Å². The Balaban J connectivity index is 2.06. The second-order valence-corrected chi connectivity index (χ2v) is 4.81. The molecule has 0 N–H and O–H groups in total. The van der Waals surface area contributed by atoms with Gasteiger partial charge in [-0.15, -0.1) is 0 Å². The van der Waals surface area contributed by atoms with Crippen molar-refractivity contribution < 1.29 is 4.74 Å². The molecule has 5 nitrogen and oxygen atoms in total. The Kier molecular flexibility index (Phi) is 3.52. The lowest BCUT2D eigenvalue weighted by Gasteiger charge is -2.28. The summed E-state index contributed by atoms with van der Waals surface area (Å²) in [7, 11) is 1.69. The van der Waals surface area contributed by atoms with Crippen molar-refractivity contribution in [3.8, 4) is 11.3 Å². The third-order valence-corrected chi connectivity index (χ3v) is 3.47. The van der Waals surface area contributed by atoms with E-state index in [9.17, 15) is 4.79 Å². The minimum Gasteiger partial charge on any atom is -0.378 e. The number of aryl methyl sites for hydroxylation is 1. The maximum absolute atomic E-state index is 12.3. The fourth-order valence-electron chi connectivity index (χ4n) is 2.37. The molecule has 20 heavy (non-hydrogen) atoms. The van der Waals surface area contributed by atoms with Gasteiger partial charge in [0.2, 0.25) is 0 Å². The van der Waals surface area contributed by atoms with Crippen molar-refractivity contribution >= 4 is 5.69 Å². The molecule has 0 unspecified atom stereocenters. The number of nitrogens with zero attached hydrogens (tertiary/aromatic N) is 3. The summed E-state index contributed by atoms with van der Waals surface area (Å²) < 4.78 is 6.75. The molecule has 104 valence electrons. The summed E-state index contributed by atoms with van der Waals surface area (Å²) in [5, 5.41) is 4.34. The molecule has 1 aliphatic rings. The van der Waals surface area contributed by atoms with Crippen LogP contribution in [0.4, 0.5) is 5.69 Å². The smallest absolute Gasteiger partial charge is 0.290 e. The van der Waals surface area contributed by atoms with E-state index in [-0.39, 0.29) is 5.56 Å². The summed E-state index contributed by atoms with van der Waals surface area (Å²) in [6, 6.07) is 11.8. The van der Waals surface area contributed by atoms with Gasteiger partial charge in [0, 0.05) is 25.7 Å². The number of aromatic nitrogens is 2. The normalized spacial score (nSPS) is 15.3. The van der Waals surface area contributed by atoms with Gasteiger partial charge in [-0.25, -0.2) is 4.68 Å². The van der Waals surface area contributed by atoms with Crippen molar-refractivity contribution in [3.63, 3.8) is 0 Å². The number of anilines is 1. The maximum atomic E-state index is 12.3. The number of hydrogen-bond acceptors (Lipinski definition) is 4. The first-order chi connectivity index (χ1) is 9.75. The molecule has 0 amide bonds. The molecule has 0 aliphatic carbocycles. The molecule has 5 heteroatoms. The molecule has 1 saturated heterocycles. The van der Waals surface area contributed by atoms with Crippen molar-refractivity contribution in [3.05, 3.63) is 46.8 Å². The Morgan fingerprint density at radius 2 is 1.85 bits per heavy atom. The first-order valence-electron chi connectivity index (χ1n) is 6.72. The predicted molar refractivity (Wildman–Crippen MR) is 77.9 cm³/mol. The Labute approximate surface area is 117 Å². The van der Waals surface area contributed by atoms with Gasteiger partial charge in [0.05, 0.1) is 18.9 Å². The molecule has 2 heterocycles. The highest BCUT2D eigenvalue weighted by Gasteiger charge is 2.17. The average molecular weight is 271 g/mol. The van der Waals surface area contributed by atoms with E-state index in [2.05, 4.69) is 10.00 Å². The summed E-state index contributed by atoms with van der Waals surface area (Å²) in [6.45, 7) is 2.80. The maximum Gasteiger partial charge on any atom is 0.290 e. The van der Waals surface area contributed by atoms with Crippen LogP contribution in [0.3, 0.4) is 0 Å². The predicted octanol–water partition coefficient (Wildman–Crippen LogP) is 1.28. The first kappa shape index (κ1) is 12.9. The topological polar surface area (TPSA) is 47.4 Å². The molecule has 0 saturated carbocycles. The van der Waals surface area contributed by atoms with Crippen LogP contribution < -0.4 is 10.5 Å². The van der Waals surface area contributed by atoms with Gasteiger partial charge < -0.3 is 9.64 Å². The van der Waals surface area contributed by atoms with Gasteiger partial charge in [-0.3, -0.25) is 4.79 Å². The highest BCUT2D eigenvalue weighted by molar-refractivity contribution is 5.63. The molecule has 0 spiro atoms. The van der Waals surface area contributed by atoms with Crippen LogP contribution in [0.25, 0.3) is 11.3 Å². The van der Waals surface area contributed by atoms with E-state index in [4.69, 9.17) is 4.74 Å². The van der Waals surface area contributed by atoms with Crippen molar-refractivity contribution in [1.29, 1.82) is 0 Å². The molecule has 0 bridgehead atoms. The van der Waals surface area contributed by atoms with Crippen LogP contribution in [-0.4, -0.2) is 36.1 Å². The number of morpholine rings is 1. The zero-order valence-corrected chi connectivity index (χ0v) is 11.5. The highest BCUT2D eigenvalue weighted by Crippen LogP contribution is 2.20. The molecule has 1 aromatic carbocycles. The van der Waals surface area contributed by atoms with Gasteiger partial charge in [-0.1, -0.05) is 30.3 Å². The molecular formula is C15H17N3O2. The number of benzene rings is 1. The van der Waals surface area contributed by atoms with Crippen LogP contribution in [-0.2, 0) is 11.8 Å². The SMILES string of the molecule is Cn1nc(-c2ccccc2)cc(N2CCOCC2)c1=O. The fourth-order valence-corrected chi connectivity index (χ4v) is 2.37. The summed E-state index contributed by atoms with van der Waals surface area (Å²) >= 11 is 0. The van der Waals surface area contributed by atoms with Crippen molar-refractivity contribution in [2.45, 2.75) is 0 Å². The minimum absolute atomic E-state index is 0.0634. The van der Waals surface area contributed by atoms with Crippen molar-refractivity contribution in [2.24, 2.45) is 7.05 Å². The Morgan fingerprint density at radius 3 is 2.55 bits per heavy atom. The zero-order valence-electron chi connectivity index (χ0n) is 11.5. The van der Waals surface area contributed by atoms with Gasteiger partial charge in [0.15, 0.2) is 0 Å². The summed E-state index contributed by atoms with van der Waals surface area (Å²) in [5.74, 6) is 0. The first-order valence-corrected chi connectivity index (χ1v) is 6.72. The van der Waals surface area contributed by atoms with Gasteiger partial charge >= 0.3 is 0 Å². The number of ether oxygens (including phenoxy) is 1. The van der Waals surface area contributed by atoms with Crippen LogP contribution in [0.5, 0.6) is 0 Å². The molecular weight excluding hydrogens is 254 g/mol. The largest absolute Gasteiger partial charge is 0.378 e. The summed E-state index contributed by atoms with van der Waals surface area (Å²) in [4.78, 5) is 14.3. The second kappa shape index (κ2) is 5.46. The molecule has 0 radical (unpaired) electrons. The second-order valence-electron chi connectivity index (χ2n) is 4.81. The lowest BCUT2D eigenvalue weighted by molar-refractivity contribution is 0.122. The van der Waals surface area contributed by atoms with E-state index in [1.807, 2.05) is 36.4 Å². The van der Waals surface area contributed by atoms with Gasteiger partial charge in [0.1, 0.15) is 5.69 Å². The summed E-state index contributed by atoms with van der Waals surface area (Å²) in [5.41, 5.74) is 2.46. The van der Waals surface area contributed by atoms with E-state index in [0.717, 1.165) is 24.3 Å². The average Bonchev–Trinajstić information content (AvgIpc) is 2.51. The Morgan fingerprint density at radius 1 is 1.15 bits per heavy atom. The third-order valence-electron chi connectivity index (χ3n) is 3.47. The lowest BCUT2D eigenvalue weighted by atomic mass is 10.1. The van der Waals surface area contributed by atoms with Crippen molar-refractivity contribution in [2.75, 3.05) is 31.2 Å². The van der Waals surface area contributed by atoms with E-state index in [1.165, 1.54) is 4.68 Å². The van der Waals surface area contributed by atoms with Crippen LogP contribution in [0.2, 0.25) is 0 Å². The van der Waals surface area contributed by atoms with Gasteiger partial charge in [-0.2, -0.15) is 5.10 Å². The van der Waals surface area contributed by atoms with E-state index in [1.54, 1.807) is 7.05 Å². The zero-order chi connectivity index (χ0) is 13.9. The Bertz CT molecular complexity index is 646. The molecule has 0 atom stereocenters. The van der Waals surface area contributed by atoms with Crippen LogP contribution >= 0.6 is 0 Å². The van der Waals surface area contributed by atoms with E-state index in [0.29, 0.717) is 18.9 Å².